The summed E-state index contributed by atoms with van der Waals surface area (Å²) < 4.78 is 66.3. The zero-order valence-corrected chi connectivity index (χ0v) is 24.1. The zero-order chi connectivity index (χ0) is 28.1. The first-order valence-corrected chi connectivity index (χ1v) is 16.6. The average Bonchev–Trinajstić information content (AvgIpc) is 3.27. The molecule has 0 amide bonds. The first-order chi connectivity index (χ1) is 17.3. The summed E-state index contributed by atoms with van der Waals surface area (Å²) in [7, 11) is -8.59. The van der Waals surface area contributed by atoms with Crippen LogP contribution in [-0.4, -0.2) is 49.0 Å². The second kappa shape index (κ2) is 8.44. The molecule has 38 heavy (non-hydrogen) atoms. The third kappa shape index (κ3) is 3.96. The Kier molecular flexibility index (Phi) is 6.20. The molecule has 5 rings (SSSR count). The lowest BCUT2D eigenvalue weighted by molar-refractivity contribution is -0.132. The van der Waals surface area contributed by atoms with Gasteiger partial charge < -0.3 is 0 Å². The SMILES string of the molecule is CC1(C)C2CCC1(CS(=O)(=O)O)C(=O)C2Cc1ccc(CC2C(=O)C3(CS(=O)(=O)O)CCC2C3(C)C)cc1. The maximum atomic E-state index is 13.5. The van der Waals surface area contributed by atoms with Gasteiger partial charge in [-0.2, -0.15) is 16.8 Å². The normalized spacial score (nSPS) is 37.3. The Morgan fingerprint density at radius 1 is 0.684 bits per heavy atom. The minimum Gasteiger partial charge on any atom is -0.299 e. The van der Waals surface area contributed by atoms with Gasteiger partial charge in [-0.25, -0.2) is 0 Å². The fourth-order valence-electron chi connectivity index (χ4n) is 9.32. The summed E-state index contributed by atoms with van der Waals surface area (Å²) in [5.41, 5.74) is -1.22. The number of ketones is 2. The van der Waals surface area contributed by atoms with Crippen molar-refractivity contribution in [2.24, 2.45) is 45.3 Å². The van der Waals surface area contributed by atoms with Crippen LogP contribution >= 0.6 is 0 Å². The van der Waals surface area contributed by atoms with Gasteiger partial charge in [0.15, 0.2) is 0 Å². The van der Waals surface area contributed by atoms with E-state index in [1.165, 1.54) is 0 Å². The van der Waals surface area contributed by atoms with Gasteiger partial charge in [0.2, 0.25) is 0 Å². The van der Waals surface area contributed by atoms with Crippen LogP contribution in [0.1, 0.15) is 64.5 Å². The van der Waals surface area contributed by atoms with Gasteiger partial charge in [-0.05, 0) is 72.3 Å². The minimum absolute atomic E-state index is 0.0457. The van der Waals surface area contributed by atoms with Crippen molar-refractivity contribution in [3.63, 3.8) is 0 Å². The van der Waals surface area contributed by atoms with Crippen LogP contribution in [0.15, 0.2) is 24.3 Å². The molecule has 4 saturated carbocycles. The van der Waals surface area contributed by atoms with Gasteiger partial charge >= 0.3 is 0 Å². The molecule has 6 atom stereocenters. The van der Waals surface area contributed by atoms with Gasteiger partial charge in [-0.3, -0.25) is 18.7 Å². The van der Waals surface area contributed by atoms with Gasteiger partial charge in [-0.15, -0.1) is 0 Å². The number of rotatable bonds is 8. The van der Waals surface area contributed by atoms with E-state index in [4.69, 9.17) is 0 Å². The molecule has 1 aromatic rings. The van der Waals surface area contributed by atoms with Crippen molar-refractivity contribution in [2.45, 2.75) is 66.2 Å². The van der Waals surface area contributed by atoms with Gasteiger partial charge in [0.1, 0.15) is 11.6 Å². The van der Waals surface area contributed by atoms with Crippen LogP contribution in [0.3, 0.4) is 0 Å². The van der Waals surface area contributed by atoms with Gasteiger partial charge in [0, 0.05) is 11.8 Å². The lowest BCUT2D eigenvalue weighted by Crippen LogP contribution is -2.43. The summed E-state index contributed by atoms with van der Waals surface area (Å²) in [5.74, 6) is -1.71. The molecule has 1 aromatic carbocycles. The number of hydrogen-bond donors (Lipinski definition) is 2. The molecule has 0 heterocycles. The Bertz CT molecular complexity index is 1290. The Morgan fingerprint density at radius 2 is 1.00 bits per heavy atom. The molecule has 4 aliphatic carbocycles. The third-order valence-electron chi connectivity index (χ3n) is 11.5. The average molecular weight is 567 g/mol. The van der Waals surface area contributed by atoms with Crippen LogP contribution in [0.4, 0.5) is 0 Å². The van der Waals surface area contributed by atoms with Gasteiger partial charge in [0.05, 0.1) is 22.3 Å². The topological polar surface area (TPSA) is 143 Å². The predicted octanol–water partition coefficient (Wildman–Crippen LogP) is 3.79. The lowest BCUT2D eigenvalue weighted by atomic mass is 9.70. The van der Waals surface area contributed by atoms with Crippen LogP contribution in [0.2, 0.25) is 0 Å². The zero-order valence-electron chi connectivity index (χ0n) is 22.4. The molecule has 6 unspecified atom stereocenters. The summed E-state index contributed by atoms with van der Waals surface area (Å²) in [5, 5.41) is 0. The number of hydrogen-bond acceptors (Lipinski definition) is 6. The number of fused-ring (bicyclic) bond motifs is 4. The van der Waals surface area contributed by atoms with Crippen LogP contribution in [-0.2, 0) is 42.7 Å². The van der Waals surface area contributed by atoms with E-state index >= 15 is 0 Å². The number of carbonyl (C=O) groups excluding carboxylic acids is 2. The van der Waals surface area contributed by atoms with E-state index in [0.717, 1.165) is 24.0 Å². The van der Waals surface area contributed by atoms with Crippen molar-refractivity contribution in [3.05, 3.63) is 35.4 Å². The smallest absolute Gasteiger partial charge is 0.265 e. The highest BCUT2D eigenvalue weighted by Gasteiger charge is 2.70. The molecule has 4 fully saturated rings. The van der Waals surface area contributed by atoms with Gasteiger partial charge in [-0.1, -0.05) is 52.0 Å². The standard InChI is InChI=1S/C28H38O8S2/c1-25(2)21-9-11-27(25,15-37(31,32)33)23(29)19(21)13-17-5-7-18(8-6-17)14-20-22-10-12-28(24(20)30,26(22,3)4)16-38(34,35)36/h5-8,19-22H,9-16H2,1-4H3,(H,31,32,33)(H,34,35,36). The predicted molar refractivity (Wildman–Crippen MR) is 142 cm³/mol. The molecule has 4 aliphatic rings. The van der Waals surface area contributed by atoms with Gasteiger partial charge in [0.25, 0.3) is 20.2 Å². The van der Waals surface area contributed by atoms with E-state index in [0.29, 0.717) is 25.7 Å². The van der Waals surface area contributed by atoms with Crippen LogP contribution in [0, 0.1) is 45.3 Å². The Hall–Kier alpha value is -1.62. The molecular formula is C28H38O8S2. The highest BCUT2D eigenvalue weighted by molar-refractivity contribution is 7.86. The summed E-state index contributed by atoms with van der Waals surface area (Å²) in [6.45, 7) is 7.78. The highest BCUT2D eigenvalue weighted by atomic mass is 32.2. The molecule has 0 radical (unpaired) electrons. The van der Waals surface area contributed by atoms with E-state index in [1.54, 1.807) is 0 Å². The molecule has 0 aromatic heterocycles. The molecule has 0 aliphatic heterocycles. The van der Waals surface area contributed by atoms with E-state index in [1.807, 2.05) is 52.0 Å². The number of benzene rings is 1. The number of carbonyl (C=O) groups is 2. The summed E-state index contributed by atoms with van der Waals surface area (Å²) >= 11 is 0. The molecule has 4 bridgehead atoms. The minimum atomic E-state index is -4.30. The van der Waals surface area contributed by atoms with E-state index < -0.39 is 53.4 Å². The monoisotopic (exact) mass is 566 g/mol. The maximum absolute atomic E-state index is 13.5. The van der Waals surface area contributed by atoms with Crippen molar-refractivity contribution in [3.8, 4) is 0 Å². The van der Waals surface area contributed by atoms with Crippen molar-refractivity contribution in [2.75, 3.05) is 11.5 Å². The first kappa shape index (κ1) is 27.9. The van der Waals surface area contributed by atoms with Crippen molar-refractivity contribution >= 4 is 31.8 Å². The second-order valence-corrected chi connectivity index (χ2v) is 16.4. The first-order valence-electron chi connectivity index (χ1n) is 13.4. The molecule has 2 N–H and O–H groups in total. The van der Waals surface area contributed by atoms with E-state index in [2.05, 4.69) is 0 Å². The summed E-state index contributed by atoms with van der Waals surface area (Å²) in [6, 6.07) is 7.81. The van der Waals surface area contributed by atoms with E-state index in [-0.39, 0.29) is 35.2 Å². The fraction of sp³-hybridized carbons (Fsp3) is 0.714. The molecule has 10 heteroatoms. The lowest BCUT2D eigenvalue weighted by Gasteiger charge is -2.35. The Labute approximate surface area is 225 Å². The molecule has 210 valence electrons. The number of Topliss-reactive ketones (excluding diaryl/α,β-unsaturated/α-hetero) is 2. The highest BCUT2D eigenvalue weighted by Crippen LogP contribution is 2.68. The van der Waals surface area contributed by atoms with Crippen LogP contribution < -0.4 is 0 Å². The molecule has 0 spiro atoms. The largest absolute Gasteiger partial charge is 0.299 e. The second-order valence-electron chi connectivity index (χ2n) is 13.5. The summed E-state index contributed by atoms with van der Waals surface area (Å²) in [6.07, 6.45) is 3.45. The van der Waals surface area contributed by atoms with Crippen LogP contribution in [0.5, 0.6) is 0 Å². The quantitative estimate of drug-likeness (QED) is 0.453. The van der Waals surface area contributed by atoms with Crippen molar-refractivity contribution < 1.29 is 35.5 Å². The van der Waals surface area contributed by atoms with Crippen LogP contribution in [0.25, 0.3) is 0 Å². The van der Waals surface area contributed by atoms with Crippen molar-refractivity contribution in [1.29, 1.82) is 0 Å². The molecular weight excluding hydrogens is 528 g/mol. The van der Waals surface area contributed by atoms with Crippen molar-refractivity contribution in [1.82, 2.24) is 0 Å². The third-order valence-corrected chi connectivity index (χ3v) is 13.2. The van der Waals surface area contributed by atoms with E-state index in [9.17, 15) is 35.5 Å². The Balaban J connectivity index is 1.32. The fourth-order valence-corrected chi connectivity index (χ4v) is 11.9. The Morgan fingerprint density at radius 3 is 1.29 bits per heavy atom. The summed E-state index contributed by atoms with van der Waals surface area (Å²) in [4.78, 5) is 27.0. The molecule has 0 saturated heterocycles. The maximum Gasteiger partial charge on any atom is 0.265 e. The molecule has 8 nitrogen and oxygen atoms in total.